The summed E-state index contributed by atoms with van der Waals surface area (Å²) in [4.78, 5) is 43.6. The fraction of sp³-hybridized carbons (Fsp3) is 0.867. The zero-order valence-electron chi connectivity index (χ0n) is 31.5. The maximum absolute atomic E-state index is 11.1. The summed E-state index contributed by atoms with van der Waals surface area (Å²) < 4.78 is 33.3. The SMILES string of the molecule is CC(C)(C)OC(=O)NCCOCCO.CC(C)(C)OC(=O)NCO.CC(C)(C)OC(=O)OC(=O)OC(C)(C)C.NCCOCCO.NCO. The van der Waals surface area contributed by atoms with E-state index in [9.17, 15) is 19.2 Å². The largest absolute Gasteiger partial charge is 0.519 e. The Kier molecular flexibility index (Phi) is 36.4. The van der Waals surface area contributed by atoms with Crippen LogP contribution in [-0.4, -0.2) is 134 Å². The number of carbonyl (C=O) groups is 4. The van der Waals surface area contributed by atoms with Crippen LogP contribution in [-0.2, 0) is 33.2 Å². The van der Waals surface area contributed by atoms with Crippen LogP contribution in [0.1, 0.15) is 83.1 Å². The molecule has 0 fully saturated rings. The Morgan fingerprint density at radius 2 is 0.857 bits per heavy atom. The number of amides is 2. The van der Waals surface area contributed by atoms with Crippen LogP contribution in [0.2, 0.25) is 0 Å². The van der Waals surface area contributed by atoms with Crippen molar-refractivity contribution in [3.63, 3.8) is 0 Å². The van der Waals surface area contributed by atoms with Gasteiger partial charge >= 0.3 is 24.5 Å². The summed E-state index contributed by atoms with van der Waals surface area (Å²) >= 11 is 0. The highest BCUT2D eigenvalue weighted by atomic mass is 16.8. The van der Waals surface area contributed by atoms with Gasteiger partial charge in [0.25, 0.3) is 0 Å². The second-order valence-electron chi connectivity index (χ2n) is 12.9. The van der Waals surface area contributed by atoms with E-state index in [2.05, 4.69) is 21.1 Å². The highest BCUT2D eigenvalue weighted by molar-refractivity contribution is 5.77. The number of aliphatic hydroxyl groups is 4. The lowest BCUT2D eigenvalue weighted by atomic mass is 10.2. The summed E-state index contributed by atoms with van der Waals surface area (Å²) in [7, 11) is 0. The van der Waals surface area contributed by atoms with Gasteiger partial charge in [-0.25, -0.2) is 19.2 Å². The summed E-state index contributed by atoms with van der Waals surface area (Å²) in [6, 6.07) is 0. The van der Waals surface area contributed by atoms with E-state index in [4.69, 9.17) is 54.6 Å². The summed E-state index contributed by atoms with van der Waals surface area (Å²) in [5.41, 5.74) is 7.10. The minimum atomic E-state index is -1.06. The van der Waals surface area contributed by atoms with E-state index < -0.39 is 53.6 Å². The van der Waals surface area contributed by atoms with Gasteiger partial charge in [-0.15, -0.1) is 0 Å². The van der Waals surface area contributed by atoms with Gasteiger partial charge in [-0.2, -0.15) is 0 Å². The summed E-state index contributed by atoms with van der Waals surface area (Å²) in [5.74, 6) is 0. The predicted octanol–water partition coefficient (Wildman–Crippen LogP) is 1.70. The lowest BCUT2D eigenvalue weighted by molar-refractivity contribution is -0.0294. The Morgan fingerprint density at radius 3 is 1.14 bits per heavy atom. The number of ether oxygens (including phenoxy) is 7. The molecule has 0 aliphatic heterocycles. The highest BCUT2D eigenvalue weighted by Crippen LogP contribution is 2.11. The zero-order chi connectivity index (χ0) is 39.7. The lowest BCUT2D eigenvalue weighted by Gasteiger charge is -2.20. The van der Waals surface area contributed by atoms with Gasteiger partial charge < -0.3 is 70.4 Å². The van der Waals surface area contributed by atoms with Crippen molar-refractivity contribution in [2.75, 3.05) is 66.2 Å². The number of rotatable bonds is 10. The van der Waals surface area contributed by atoms with Gasteiger partial charge in [0.05, 0.1) is 46.4 Å². The van der Waals surface area contributed by atoms with Crippen molar-refractivity contribution >= 4 is 24.5 Å². The first kappa shape index (κ1) is 55.4. The van der Waals surface area contributed by atoms with E-state index in [1.165, 1.54) is 0 Å². The van der Waals surface area contributed by atoms with Gasteiger partial charge in [0.1, 0.15) is 29.1 Å². The Labute approximate surface area is 291 Å². The molecule has 0 aliphatic carbocycles. The zero-order valence-corrected chi connectivity index (χ0v) is 31.5. The molecule has 0 saturated carbocycles. The quantitative estimate of drug-likeness (QED) is 0.0523. The average molecular weight is 723 g/mol. The van der Waals surface area contributed by atoms with E-state index >= 15 is 0 Å². The third kappa shape index (κ3) is 67.9. The number of nitrogens with two attached hydrogens (primary N) is 2. The van der Waals surface area contributed by atoms with Crippen molar-refractivity contribution in [1.82, 2.24) is 10.6 Å². The molecule has 19 heteroatoms. The number of carbonyl (C=O) groups excluding carboxylic acids is 4. The van der Waals surface area contributed by atoms with Gasteiger partial charge in [0.2, 0.25) is 0 Å². The van der Waals surface area contributed by atoms with E-state index in [0.29, 0.717) is 32.9 Å². The van der Waals surface area contributed by atoms with Crippen LogP contribution in [0.3, 0.4) is 0 Å². The molecule has 0 heterocycles. The van der Waals surface area contributed by atoms with Gasteiger partial charge in [0.15, 0.2) is 0 Å². The molecule has 0 aromatic rings. The number of alkyl carbamates (subject to hydrolysis) is 2. The number of hydrogen-bond acceptors (Lipinski definition) is 17. The first-order valence-corrected chi connectivity index (χ1v) is 15.3. The number of aliphatic hydroxyl groups excluding tert-OH is 4. The third-order valence-corrected chi connectivity index (χ3v) is 3.22. The lowest BCUT2D eigenvalue weighted by Crippen LogP contribution is -2.34. The topological polar surface area (TPSA) is 290 Å². The molecule has 0 aromatic heterocycles. The van der Waals surface area contributed by atoms with Crippen LogP contribution in [0, 0.1) is 0 Å². The second kappa shape index (κ2) is 32.2. The molecular weight excluding hydrogens is 656 g/mol. The van der Waals surface area contributed by atoms with Crippen molar-refractivity contribution in [2.45, 2.75) is 105 Å². The molecule has 0 spiro atoms. The minimum Gasteiger partial charge on any atom is -0.444 e. The van der Waals surface area contributed by atoms with Crippen molar-refractivity contribution in [1.29, 1.82) is 0 Å². The molecule has 0 rings (SSSR count). The summed E-state index contributed by atoms with van der Waals surface area (Å²) in [6.45, 7) is 22.6. The predicted molar refractivity (Wildman–Crippen MR) is 180 cm³/mol. The number of hydrogen-bond donors (Lipinski definition) is 8. The average Bonchev–Trinajstić information content (AvgIpc) is 2.86. The van der Waals surface area contributed by atoms with Gasteiger partial charge in [-0.05, 0) is 83.1 Å². The van der Waals surface area contributed by atoms with Crippen LogP contribution in [0.4, 0.5) is 19.2 Å². The van der Waals surface area contributed by atoms with Crippen LogP contribution < -0.4 is 22.1 Å². The van der Waals surface area contributed by atoms with E-state index in [0.717, 1.165) is 0 Å². The molecule has 0 unspecified atom stereocenters. The third-order valence-electron chi connectivity index (χ3n) is 3.22. The molecule has 2 amide bonds. The molecule has 0 bridgehead atoms. The Balaban J connectivity index is -0.000000176. The van der Waals surface area contributed by atoms with Gasteiger partial charge in [-0.1, -0.05) is 0 Å². The highest BCUT2D eigenvalue weighted by Gasteiger charge is 2.24. The van der Waals surface area contributed by atoms with Crippen molar-refractivity contribution < 1.29 is 72.8 Å². The molecule has 0 saturated heterocycles. The Bertz CT molecular complexity index is 790. The molecule has 0 aliphatic rings. The monoisotopic (exact) mass is 722 g/mol. The van der Waals surface area contributed by atoms with E-state index in [1.54, 1.807) is 83.1 Å². The second-order valence-corrected chi connectivity index (χ2v) is 12.9. The van der Waals surface area contributed by atoms with Crippen molar-refractivity contribution in [3.8, 4) is 0 Å². The fourth-order valence-electron chi connectivity index (χ4n) is 1.94. The smallest absolute Gasteiger partial charge is 0.444 e. The Hall–Kier alpha value is -3.04. The molecule has 49 heavy (non-hydrogen) atoms. The standard InChI is InChI=1S/C10H18O5.C9H19NO4.C6H13NO3.C4H11NO2.CH5NO/c1-9(2,3)14-7(11)13-8(12)15-10(4,5)6;1-9(2,3)14-8(12)10-4-6-13-7-5-11;1-6(2,3)10-5(9)7-4-8;5-1-3-7-4-2-6;2-1-3/h1-6H3;11H,4-7H2,1-3H3,(H,10,12);8H,4H2,1-3H3,(H,7,9);6H,1-5H2;3H,1-2H2. The molecule has 19 nitrogen and oxygen atoms in total. The first-order valence-electron chi connectivity index (χ1n) is 15.3. The maximum atomic E-state index is 11.1. The van der Waals surface area contributed by atoms with Crippen LogP contribution in [0.5, 0.6) is 0 Å². The molecule has 10 N–H and O–H groups in total. The molecule has 296 valence electrons. The molecular formula is C30H66N4O15. The van der Waals surface area contributed by atoms with Crippen LogP contribution >= 0.6 is 0 Å². The molecule has 0 aromatic carbocycles. The fourth-order valence-corrected chi connectivity index (χ4v) is 1.94. The minimum absolute atomic E-state index is 0.00750. The van der Waals surface area contributed by atoms with Crippen LogP contribution in [0.15, 0.2) is 0 Å². The van der Waals surface area contributed by atoms with Crippen molar-refractivity contribution in [3.05, 3.63) is 0 Å². The maximum Gasteiger partial charge on any atom is 0.519 e. The number of nitrogens with one attached hydrogen (secondary N) is 2. The molecule has 0 atom stereocenters. The van der Waals surface area contributed by atoms with Crippen LogP contribution in [0.25, 0.3) is 0 Å². The Morgan fingerprint density at radius 1 is 0.531 bits per heavy atom. The van der Waals surface area contributed by atoms with E-state index in [-0.39, 0.29) is 26.6 Å². The van der Waals surface area contributed by atoms with Crippen molar-refractivity contribution in [2.24, 2.45) is 11.5 Å². The van der Waals surface area contributed by atoms with E-state index in [1.807, 2.05) is 0 Å². The molecule has 0 radical (unpaired) electrons. The van der Waals surface area contributed by atoms with Gasteiger partial charge in [0, 0.05) is 13.1 Å². The summed E-state index contributed by atoms with van der Waals surface area (Å²) in [5, 5.41) is 36.7. The summed E-state index contributed by atoms with van der Waals surface area (Å²) in [6.07, 6.45) is -3.17. The van der Waals surface area contributed by atoms with Gasteiger partial charge in [-0.3, -0.25) is 5.32 Å². The normalized spacial score (nSPS) is 10.7. The first-order chi connectivity index (χ1) is 22.2.